The number of hydrogen-bond acceptors (Lipinski definition) is 7. The fraction of sp³-hybridized carbons (Fsp3) is 0.364. The number of hydrogen-bond donors (Lipinski definition) is 2. The molecular formula is C11H14BrN5OS. The molecule has 3 N–H and O–H groups in total. The first-order valence-electron chi connectivity index (χ1n) is 5.78. The minimum Gasteiger partial charge on any atom is -0.463 e. The summed E-state index contributed by atoms with van der Waals surface area (Å²) in [5, 5.41) is 5.12. The van der Waals surface area contributed by atoms with Gasteiger partial charge in [-0.1, -0.05) is 6.92 Å². The molecule has 0 saturated heterocycles. The molecule has 0 saturated carbocycles. The summed E-state index contributed by atoms with van der Waals surface area (Å²) >= 11 is 5.06. The molecule has 6 nitrogen and oxygen atoms in total. The Labute approximate surface area is 123 Å². The van der Waals surface area contributed by atoms with Crippen LogP contribution < -0.4 is 15.8 Å². The first-order chi connectivity index (χ1) is 9.17. The lowest BCUT2D eigenvalue weighted by Crippen LogP contribution is -2.09. The van der Waals surface area contributed by atoms with Crippen LogP contribution in [0.2, 0.25) is 0 Å². The van der Waals surface area contributed by atoms with Gasteiger partial charge in [0.1, 0.15) is 0 Å². The van der Waals surface area contributed by atoms with Crippen molar-refractivity contribution in [3.63, 3.8) is 0 Å². The van der Waals surface area contributed by atoms with Gasteiger partial charge in [-0.05, 0) is 28.4 Å². The molecule has 2 rings (SSSR count). The van der Waals surface area contributed by atoms with E-state index in [0.717, 1.165) is 10.9 Å². The van der Waals surface area contributed by atoms with Crippen LogP contribution in [-0.4, -0.2) is 21.6 Å². The van der Waals surface area contributed by atoms with Crippen LogP contribution in [0, 0.1) is 0 Å². The van der Waals surface area contributed by atoms with Crippen molar-refractivity contribution in [3.8, 4) is 6.01 Å². The summed E-state index contributed by atoms with van der Waals surface area (Å²) in [6.45, 7) is 3.20. The quantitative estimate of drug-likeness (QED) is 0.838. The van der Waals surface area contributed by atoms with Crippen LogP contribution in [0.15, 0.2) is 15.9 Å². The third kappa shape index (κ3) is 4.32. The van der Waals surface area contributed by atoms with Crippen LogP contribution in [0.4, 0.5) is 11.9 Å². The van der Waals surface area contributed by atoms with Crippen molar-refractivity contribution in [2.45, 2.75) is 19.9 Å². The molecule has 0 aliphatic carbocycles. The van der Waals surface area contributed by atoms with E-state index in [0.29, 0.717) is 19.1 Å². The Balaban J connectivity index is 2.01. The Hall–Kier alpha value is -1.41. The molecule has 0 unspecified atom stereocenters. The average molecular weight is 344 g/mol. The summed E-state index contributed by atoms with van der Waals surface area (Å²) in [6.07, 6.45) is 0.886. The summed E-state index contributed by atoms with van der Waals surface area (Å²) < 4.78 is 6.41. The number of nitrogens with one attached hydrogen (secondary N) is 1. The van der Waals surface area contributed by atoms with Crippen molar-refractivity contribution in [2.24, 2.45) is 0 Å². The van der Waals surface area contributed by atoms with Crippen LogP contribution in [0.3, 0.4) is 0 Å². The molecule has 0 bridgehead atoms. The van der Waals surface area contributed by atoms with E-state index in [9.17, 15) is 0 Å². The third-order valence-electron chi connectivity index (χ3n) is 2.11. The molecule has 0 aromatic carbocycles. The summed E-state index contributed by atoms with van der Waals surface area (Å²) in [4.78, 5) is 13.3. The van der Waals surface area contributed by atoms with E-state index >= 15 is 0 Å². The molecule has 2 aromatic heterocycles. The van der Waals surface area contributed by atoms with E-state index in [-0.39, 0.29) is 12.0 Å². The van der Waals surface area contributed by atoms with Crippen molar-refractivity contribution < 1.29 is 4.74 Å². The zero-order valence-electron chi connectivity index (χ0n) is 10.4. The van der Waals surface area contributed by atoms with Crippen LogP contribution in [-0.2, 0) is 6.54 Å². The Morgan fingerprint density at radius 1 is 1.42 bits per heavy atom. The lowest BCUT2D eigenvalue weighted by molar-refractivity contribution is 0.292. The standard InChI is InChI=1S/C11H14BrN5OS/c1-2-3-18-11-16-9(13)15-10(17-11)14-5-8-4-7(12)6-19-8/h4,6H,2-3,5H2,1H3,(H3,13,14,15,16,17). The van der Waals surface area contributed by atoms with Gasteiger partial charge in [0.25, 0.3) is 0 Å². The van der Waals surface area contributed by atoms with Crippen molar-refractivity contribution in [1.82, 2.24) is 15.0 Å². The lowest BCUT2D eigenvalue weighted by atomic mass is 10.5. The predicted octanol–water partition coefficient (Wildman–Crippen LogP) is 2.68. The molecule has 8 heteroatoms. The van der Waals surface area contributed by atoms with Gasteiger partial charge in [0, 0.05) is 14.7 Å². The van der Waals surface area contributed by atoms with Gasteiger partial charge < -0.3 is 15.8 Å². The first kappa shape index (κ1) is 14.0. The summed E-state index contributed by atoms with van der Waals surface area (Å²) in [5.41, 5.74) is 5.62. The van der Waals surface area contributed by atoms with Gasteiger partial charge in [-0.2, -0.15) is 15.0 Å². The zero-order valence-corrected chi connectivity index (χ0v) is 12.8. The second kappa shape index (κ2) is 6.67. The number of aromatic nitrogens is 3. The molecule has 0 aliphatic rings. The summed E-state index contributed by atoms with van der Waals surface area (Å²) in [5.74, 6) is 0.569. The van der Waals surface area contributed by atoms with Crippen molar-refractivity contribution in [2.75, 3.05) is 17.7 Å². The maximum Gasteiger partial charge on any atom is 0.323 e. The fourth-order valence-electron chi connectivity index (χ4n) is 1.32. The fourth-order valence-corrected chi connectivity index (χ4v) is 2.71. The number of anilines is 2. The molecular weight excluding hydrogens is 330 g/mol. The molecule has 0 aliphatic heterocycles. The van der Waals surface area contributed by atoms with Gasteiger partial charge in [0.2, 0.25) is 11.9 Å². The molecule has 0 spiro atoms. The van der Waals surface area contributed by atoms with Gasteiger partial charge >= 0.3 is 6.01 Å². The Morgan fingerprint density at radius 2 is 2.26 bits per heavy atom. The molecule has 2 aromatic rings. The second-order valence-electron chi connectivity index (χ2n) is 3.73. The monoisotopic (exact) mass is 343 g/mol. The zero-order chi connectivity index (χ0) is 13.7. The third-order valence-corrected chi connectivity index (χ3v) is 3.81. The minimum atomic E-state index is 0.149. The number of rotatable bonds is 6. The number of ether oxygens (including phenoxy) is 1. The van der Waals surface area contributed by atoms with Gasteiger partial charge in [-0.15, -0.1) is 11.3 Å². The molecule has 0 radical (unpaired) electrons. The highest BCUT2D eigenvalue weighted by molar-refractivity contribution is 9.10. The highest BCUT2D eigenvalue weighted by Crippen LogP contribution is 2.20. The smallest absolute Gasteiger partial charge is 0.323 e. The molecule has 0 atom stereocenters. The van der Waals surface area contributed by atoms with Crippen molar-refractivity contribution >= 4 is 39.2 Å². The highest BCUT2D eigenvalue weighted by Gasteiger charge is 2.05. The normalized spacial score (nSPS) is 10.4. The number of nitrogens with zero attached hydrogens (tertiary/aromatic N) is 3. The van der Waals surface area contributed by atoms with Gasteiger partial charge in [0.15, 0.2) is 0 Å². The summed E-state index contributed by atoms with van der Waals surface area (Å²) in [7, 11) is 0. The maximum absolute atomic E-state index is 5.62. The Morgan fingerprint density at radius 3 is 2.95 bits per heavy atom. The van der Waals surface area contributed by atoms with Crippen LogP contribution in [0.5, 0.6) is 6.01 Å². The van der Waals surface area contributed by atoms with Gasteiger partial charge in [0.05, 0.1) is 13.2 Å². The van der Waals surface area contributed by atoms with Crippen LogP contribution in [0.1, 0.15) is 18.2 Å². The van der Waals surface area contributed by atoms with Crippen LogP contribution in [0.25, 0.3) is 0 Å². The molecule has 2 heterocycles. The van der Waals surface area contributed by atoms with E-state index in [1.54, 1.807) is 11.3 Å². The molecule has 0 amide bonds. The van der Waals surface area contributed by atoms with E-state index in [1.165, 1.54) is 4.88 Å². The highest BCUT2D eigenvalue weighted by atomic mass is 79.9. The summed E-state index contributed by atoms with van der Waals surface area (Å²) in [6, 6.07) is 2.29. The lowest BCUT2D eigenvalue weighted by Gasteiger charge is -2.06. The minimum absolute atomic E-state index is 0.149. The second-order valence-corrected chi connectivity index (χ2v) is 5.64. The largest absolute Gasteiger partial charge is 0.463 e. The molecule has 0 fully saturated rings. The van der Waals surface area contributed by atoms with Gasteiger partial charge in [-0.3, -0.25) is 0 Å². The Bertz CT molecular complexity index is 548. The number of nitrogens with two attached hydrogens (primary N) is 1. The number of nitrogen functional groups attached to an aromatic ring is 1. The van der Waals surface area contributed by atoms with Gasteiger partial charge in [-0.25, -0.2) is 0 Å². The van der Waals surface area contributed by atoms with E-state index < -0.39 is 0 Å². The SMILES string of the molecule is CCCOc1nc(N)nc(NCc2cc(Br)cs2)n1. The first-order valence-corrected chi connectivity index (χ1v) is 7.45. The van der Waals surface area contributed by atoms with E-state index in [4.69, 9.17) is 10.5 Å². The molecule has 19 heavy (non-hydrogen) atoms. The predicted molar refractivity (Wildman–Crippen MR) is 79.4 cm³/mol. The number of halogens is 1. The van der Waals surface area contributed by atoms with E-state index in [1.807, 2.05) is 18.4 Å². The number of thiophene rings is 1. The average Bonchev–Trinajstić information content (AvgIpc) is 2.79. The Kier molecular flexibility index (Phi) is 4.92. The topological polar surface area (TPSA) is 86.0 Å². The van der Waals surface area contributed by atoms with Crippen molar-refractivity contribution in [3.05, 3.63) is 20.8 Å². The maximum atomic E-state index is 5.62. The van der Waals surface area contributed by atoms with Crippen LogP contribution >= 0.6 is 27.3 Å². The van der Waals surface area contributed by atoms with E-state index in [2.05, 4.69) is 36.2 Å². The van der Waals surface area contributed by atoms with Crippen molar-refractivity contribution in [1.29, 1.82) is 0 Å². The molecule has 102 valence electrons.